The Hall–Kier alpha value is -1.94. The quantitative estimate of drug-likeness (QED) is 0.845. The lowest BCUT2D eigenvalue weighted by Gasteiger charge is -2.27. The molecule has 0 aliphatic carbocycles. The second kappa shape index (κ2) is 4.97. The highest BCUT2D eigenvalue weighted by Gasteiger charge is 2.27. The van der Waals surface area contributed by atoms with Crippen LogP contribution in [-0.2, 0) is 4.74 Å². The molecule has 0 saturated carbocycles. The molecule has 4 heteroatoms. The lowest BCUT2D eigenvalue weighted by atomic mass is 10.0. The zero-order chi connectivity index (χ0) is 13.2. The average Bonchev–Trinajstić information content (AvgIpc) is 2.44. The highest BCUT2D eigenvalue weighted by Crippen LogP contribution is 2.41. The number of hydrogen-bond donors (Lipinski definition) is 0. The van der Waals surface area contributed by atoms with Crippen molar-refractivity contribution in [3.05, 3.63) is 41.9 Å². The van der Waals surface area contributed by atoms with Crippen LogP contribution in [0.3, 0.4) is 0 Å². The van der Waals surface area contributed by atoms with Crippen molar-refractivity contribution in [2.45, 2.75) is 26.6 Å². The summed E-state index contributed by atoms with van der Waals surface area (Å²) in [5.41, 5.74) is 2.81. The number of para-hydroxylation sites is 1. The molecule has 1 aliphatic heterocycles. The van der Waals surface area contributed by atoms with Crippen molar-refractivity contribution in [2.24, 2.45) is 0 Å². The largest absolute Gasteiger partial charge is 0.460 e. The molecule has 0 bridgehead atoms. The fraction of sp³-hybridized carbons (Fsp3) is 0.333. The van der Waals surface area contributed by atoms with Gasteiger partial charge in [0.2, 0.25) is 6.29 Å². The smallest absolute Gasteiger partial charge is 0.230 e. The number of nitrogens with zero attached hydrogens (tertiary/aromatic N) is 2. The molecular weight excluding hydrogens is 240 g/mol. The van der Waals surface area contributed by atoms with Crippen LogP contribution in [0.2, 0.25) is 0 Å². The van der Waals surface area contributed by atoms with E-state index in [4.69, 9.17) is 9.47 Å². The summed E-state index contributed by atoms with van der Waals surface area (Å²) in [6.07, 6.45) is 2.34. The third-order valence-electron chi connectivity index (χ3n) is 3.04. The monoisotopic (exact) mass is 256 g/mol. The third-order valence-corrected chi connectivity index (χ3v) is 3.04. The number of aromatic nitrogens is 2. The van der Waals surface area contributed by atoms with Crippen LogP contribution < -0.4 is 4.74 Å². The molecule has 1 aromatic heterocycles. The fourth-order valence-corrected chi connectivity index (χ4v) is 2.16. The summed E-state index contributed by atoms with van der Waals surface area (Å²) >= 11 is 0. The van der Waals surface area contributed by atoms with Crippen molar-refractivity contribution in [1.82, 2.24) is 9.97 Å². The molecule has 0 amide bonds. The number of benzene rings is 1. The first-order valence-electron chi connectivity index (χ1n) is 6.51. The van der Waals surface area contributed by atoms with Crippen LogP contribution in [0.1, 0.15) is 31.0 Å². The van der Waals surface area contributed by atoms with E-state index in [1.807, 2.05) is 31.2 Å². The summed E-state index contributed by atoms with van der Waals surface area (Å²) in [6, 6.07) is 7.89. The van der Waals surface area contributed by atoms with Gasteiger partial charge in [0.05, 0.1) is 17.9 Å². The van der Waals surface area contributed by atoms with Crippen LogP contribution in [0.5, 0.6) is 5.75 Å². The average molecular weight is 256 g/mol. The Kier molecular flexibility index (Phi) is 3.17. The number of rotatable bonds is 3. The first-order chi connectivity index (χ1) is 9.29. The van der Waals surface area contributed by atoms with Gasteiger partial charge in [0.1, 0.15) is 11.6 Å². The molecule has 0 saturated heterocycles. The van der Waals surface area contributed by atoms with Gasteiger partial charge in [-0.05, 0) is 25.5 Å². The lowest BCUT2D eigenvalue weighted by Crippen LogP contribution is -2.19. The van der Waals surface area contributed by atoms with Gasteiger partial charge >= 0.3 is 0 Å². The van der Waals surface area contributed by atoms with Gasteiger partial charge in [-0.2, -0.15) is 0 Å². The van der Waals surface area contributed by atoms with E-state index >= 15 is 0 Å². The highest BCUT2D eigenvalue weighted by atomic mass is 16.7. The zero-order valence-electron chi connectivity index (χ0n) is 11.1. The van der Waals surface area contributed by atoms with E-state index in [1.54, 1.807) is 6.20 Å². The molecule has 2 heterocycles. The minimum atomic E-state index is -0.412. The van der Waals surface area contributed by atoms with E-state index in [-0.39, 0.29) is 0 Å². The van der Waals surface area contributed by atoms with E-state index in [1.165, 1.54) is 0 Å². The molecule has 3 rings (SSSR count). The Labute approximate surface area is 112 Å². The van der Waals surface area contributed by atoms with Crippen LogP contribution in [-0.4, -0.2) is 16.6 Å². The molecule has 19 heavy (non-hydrogen) atoms. The predicted molar refractivity (Wildman–Crippen MR) is 71.8 cm³/mol. The summed E-state index contributed by atoms with van der Waals surface area (Å²) in [6.45, 7) is 4.61. The molecule has 4 nitrogen and oxygen atoms in total. The molecule has 2 aromatic rings. The van der Waals surface area contributed by atoms with Gasteiger partial charge in [-0.1, -0.05) is 19.1 Å². The summed E-state index contributed by atoms with van der Waals surface area (Å²) in [5, 5.41) is 0. The van der Waals surface area contributed by atoms with Gasteiger partial charge in [0.25, 0.3) is 0 Å². The molecule has 1 atom stereocenters. The summed E-state index contributed by atoms with van der Waals surface area (Å²) in [4.78, 5) is 8.79. The summed E-state index contributed by atoms with van der Waals surface area (Å²) < 4.78 is 11.7. The molecule has 0 spiro atoms. The SMILES string of the molecule is CCCOC1Oc2ccccc2-c2nc(C)ncc21. The van der Waals surface area contributed by atoms with Gasteiger partial charge in [0, 0.05) is 11.8 Å². The van der Waals surface area contributed by atoms with Crippen molar-refractivity contribution in [3.8, 4) is 17.0 Å². The molecule has 1 aliphatic rings. The summed E-state index contributed by atoms with van der Waals surface area (Å²) in [7, 11) is 0. The van der Waals surface area contributed by atoms with Crippen LogP contribution in [0.15, 0.2) is 30.5 Å². The Balaban J connectivity index is 2.09. The topological polar surface area (TPSA) is 44.2 Å². The molecule has 1 unspecified atom stereocenters. The lowest BCUT2D eigenvalue weighted by molar-refractivity contribution is -0.0852. The van der Waals surface area contributed by atoms with Gasteiger partial charge in [-0.25, -0.2) is 9.97 Å². The van der Waals surface area contributed by atoms with E-state index < -0.39 is 6.29 Å². The van der Waals surface area contributed by atoms with Crippen LogP contribution in [0, 0.1) is 6.92 Å². The van der Waals surface area contributed by atoms with Gasteiger partial charge in [-0.3, -0.25) is 0 Å². The van der Waals surface area contributed by atoms with Crippen molar-refractivity contribution >= 4 is 0 Å². The molecular formula is C15H16N2O2. The number of fused-ring (bicyclic) bond motifs is 3. The molecule has 98 valence electrons. The Morgan fingerprint density at radius 1 is 1.32 bits per heavy atom. The minimum Gasteiger partial charge on any atom is -0.460 e. The highest BCUT2D eigenvalue weighted by molar-refractivity contribution is 5.71. The van der Waals surface area contributed by atoms with E-state index in [2.05, 4.69) is 16.9 Å². The first kappa shape index (κ1) is 12.1. The normalized spacial score (nSPS) is 16.4. The maximum atomic E-state index is 5.90. The zero-order valence-corrected chi connectivity index (χ0v) is 11.1. The Morgan fingerprint density at radius 3 is 3.00 bits per heavy atom. The van der Waals surface area contributed by atoms with Crippen molar-refractivity contribution < 1.29 is 9.47 Å². The minimum absolute atomic E-state index is 0.412. The van der Waals surface area contributed by atoms with Crippen LogP contribution >= 0.6 is 0 Å². The second-order valence-electron chi connectivity index (χ2n) is 4.54. The fourth-order valence-electron chi connectivity index (χ4n) is 2.16. The third kappa shape index (κ3) is 2.19. The standard InChI is InChI=1S/C15H16N2O2/c1-3-8-18-15-12-9-16-10(2)17-14(12)11-6-4-5-7-13(11)19-15/h4-7,9,15H,3,8H2,1-2H3. The predicted octanol–water partition coefficient (Wildman–Crippen LogP) is 3.27. The second-order valence-corrected chi connectivity index (χ2v) is 4.54. The summed E-state index contributed by atoms with van der Waals surface area (Å²) in [5.74, 6) is 1.57. The van der Waals surface area contributed by atoms with Crippen molar-refractivity contribution in [1.29, 1.82) is 0 Å². The van der Waals surface area contributed by atoms with E-state index in [9.17, 15) is 0 Å². The number of ether oxygens (including phenoxy) is 2. The van der Waals surface area contributed by atoms with Gasteiger partial charge < -0.3 is 9.47 Å². The number of hydrogen-bond acceptors (Lipinski definition) is 4. The molecule has 1 aromatic carbocycles. The molecule has 0 radical (unpaired) electrons. The Bertz CT molecular complexity index is 598. The van der Waals surface area contributed by atoms with Crippen LogP contribution in [0.25, 0.3) is 11.3 Å². The first-order valence-corrected chi connectivity index (χ1v) is 6.51. The maximum absolute atomic E-state index is 5.90. The van der Waals surface area contributed by atoms with Crippen LogP contribution in [0.4, 0.5) is 0 Å². The maximum Gasteiger partial charge on any atom is 0.230 e. The van der Waals surface area contributed by atoms with E-state index in [0.717, 1.165) is 34.8 Å². The van der Waals surface area contributed by atoms with Crippen molar-refractivity contribution in [3.63, 3.8) is 0 Å². The van der Waals surface area contributed by atoms with Gasteiger partial charge in [0.15, 0.2) is 0 Å². The van der Waals surface area contributed by atoms with Crippen molar-refractivity contribution in [2.75, 3.05) is 6.61 Å². The van der Waals surface area contributed by atoms with Gasteiger partial charge in [-0.15, -0.1) is 0 Å². The van der Waals surface area contributed by atoms with E-state index in [0.29, 0.717) is 6.61 Å². The molecule has 0 fully saturated rings. The number of aryl methyl sites for hydroxylation is 1. The Morgan fingerprint density at radius 2 is 2.16 bits per heavy atom. The molecule has 0 N–H and O–H groups in total.